The van der Waals surface area contributed by atoms with Gasteiger partial charge in [0, 0.05) is 0 Å². The van der Waals surface area contributed by atoms with Crippen LogP contribution >= 0.6 is 7.92 Å². The average molecular weight is 320 g/mol. The molecule has 0 fully saturated rings. The molecule has 0 saturated heterocycles. The molecule has 118 valence electrons. The van der Waals surface area contributed by atoms with Crippen LogP contribution < -0.4 is 10.6 Å². The number of benzene rings is 2. The predicted octanol–water partition coefficient (Wildman–Crippen LogP) is 5.69. The van der Waals surface area contributed by atoms with Gasteiger partial charge in [-0.15, -0.1) is 0 Å². The summed E-state index contributed by atoms with van der Waals surface area (Å²) < 4.78 is 0. The van der Waals surface area contributed by atoms with Gasteiger partial charge in [-0.2, -0.15) is 0 Å². The molecule has 2 rings (SSSR count). The van der Waals surface area contributed by atoms with E-state index in [1.54, 1.807) is 0 Å². The first-order valence-electron chi connectivity index (χ1n) is 7.85. The van der Waals surface area contributed by atoms with Crippen molar-refractivity contribution < 1.29 is 0 Å². The molecule has 0 aromatic heterocycles. The summed E-state index contributed by atoms with van der Waals surface area (Å²) in [5.41, 5.74) is 5.05. The Morgan fingerprint density at radius 1 is 0.913 bits per heavy atom. The largest absolute Gasteiger partial charge is 0.0988 e. The summed E-state index contributed by atoms with van der Waals surface area (Å²) in [4.78, 5) is 0. The third-order valence-electron chi connectivity index (χ3n) is 3.73. The molecule has 0 saturated carbocycles. The predicted molar refractivity (Wildman–Crippen MR) is 106 cm³/mol. The van der Waals surface area contributed by atoms with E-state index in [2.05, 4.69) is 89.4 Å². The quantitative estimate of drug-likeness (QED) is 0.490. The van der Waals surface area contributed by atoms with E-state index in [-0.39, 0.29) is 0 Å². The number of rotatable bonds is 5. The third kappa shape index (κ3) is 4.53. The SMILES string of the molecule is C=CC(C)=CC(=C)P(c1cccc(C)c1)c1cc(C)cc(C)c1. The van der Waals surface area contributed by atoms with Gasteiger partial charge in [0.1, 0.15) is 0 Å². The Balaban J connectivity index is 2.59. The molecule has 0 heterocycles. The van der Waals surface area contributed by atoms with E-state index in [0.717, 1.165) is 10.9 Å². The molecular weight excluding hydrogens is 295 g/mol. The van der Waals surface area contributed by atoms with Gasteiger partial charge in [-0.1, -0.05) is 90.0 Å². The van der Waals surface area contributed by atoms with Crippen molar-refractivity contribution in [2.45, 2.75) is 27.7 Å². The fourth-order valence-electron chi connectivity index (χ4n) is 2.71. The Bertz CT molecular complexity index is 745. The van der Waals surface area contributed by atoms with Crippen LogP contribution in [0, 0.1) is 20.8 Å². The van der Waals surface area contributed by atoms with Crippen molar-refractivity contribution in [3.8, 4) is 0 Å². The number of aryl methyl sites for hydroxylation is 3. The lowest BCUT2D eigenvalue weighted by Gasteiger charge is -2.21. The molecular formula is C22H25P. The topological polar surface area (TPSA) is 0 Å². The molecule has 1 atom stereocenters. The van der Waals surface area contributed by atoms with Crippen molar-refractivity contribution in [3.63, 3.8) is 0 Å². The van der Waals surface area contributed by atoms with Crippen LogP contribution in [0.25, 0.3) is 0 Å². The minimum absolute atomic E-state index is 0.618. The van der Waals surface area contributed by atoms with Gasteiger partial charge < -0.3 is 0 Å². The fraction of sp³-hybridized carbons (Fsp3) is 0.182. The van der Waals surface area contributed by atoms with Crippen molar-refractivity contribution in [1.82, 2.24) is 0 Å². The van der Waals surface area contributed by atoms with E-state index in [0.29, 0.717) is 0 Å². The van der Waals surface area contributed by atoms with Gasteiger partial charge in [0.05, 0.1) is 0 Å². The minimum Gasteiger partial charge on any atom is -0.0988 e. The van der Waals surface area contributed by atoms with Gasteiger partial charge in [-0.25, -0.2) is 0 Å². The van der Waals surface area contributed by atoms with E-state index in [1.165, 1.54) is 27.3 Å². The molecule has 1 unspecified atom stereocenters. The zero-order valence-corrected chi connectivity index (χ0v) is 15.5. The molecule has 2 aromatic rings. The zero-order chi connectivity index (χ0) is 17.0. The average Bonchev–Trinajstić information content (AvgIpc) is 2.46. The van der Waals surface area contributed by atoms with Crippen LogP contribution in [0.15, 0.2) is 78.7 Å². The summed E-state index contributed by atoms with van der Waals surface area (Å²) in [7, 11) is -0.618. The standard InChI is InChI=1S/C22H25P/c1-7-16(2)12-20(6)23(21-10-8-9-17(3)13-21)22-14-18(4)11-19(5)15-22/h7-15H,1,6H2,2-5H3. The van der Waals surface area contributed by atoms with Crippen LogP contribution in [-0.2, 0) is 0 Å². The van der Waals surface area contributed by atoms with Crippen LogP contribution in [0.1, 0.15) is 23.6 Å². The second-order valence-electron chi connectivity index (χ2n) is 6.10. The number of allylic oxidation sites excluding steroid dienone is 4. The second-order valence-corrected chi connectivity index (χ2v) is 8.38. The van der Waals surface area contributed by atoms with Crippen molar-refractivity contribution in [3.05, 3.63) is 95.4 Å². The highest BCUT2D eigenvalue weighted by Crippen LogP contribution is 2.43. The lowest BCUT2D eigenvalue weighted by molar-refractivity contribution is 1.40. The highest BCUT2D eigenvalue weighted by atomic mass is 31.1. The van der Waals surface area contributed by atoms with E-state index in [4.69, 9.17) is 0 Å². The molecule has 0 amide bonds. The summed E-state index contributed by atoms with van der Waals surface area (Å²) in [6.07, 6.45) is 4.05. The van der Waals surface area contributed by atoms with Crippen molar-refractivity contribution in [2.75, 3.05) is 0 Å². The highest BCUT2D eigenvalue weighted by Gasteiger charge is 2.17. The van der Waals surface area contributed by atoms with Gasteiger partial charge in [0.15, 0.2) is 0 Å². The van der Waals surface area contributed by atoms with Gasteiger partial charge in [-0.3, -0.25) is 0 Å². The maximum absolute atomic E-state index is 4.39. The third-order valence-corrected chi connectivity index (χ3v) is 6.00. The summed E-state index contributed by atoms with van der Waals surface area (Å²) in [5.74, 6) is 0. The Hall–Kier alpha value is -1.91. The van der Waals surface area contributed by atoms with E-state index in [9.17, 15) is 0 Å². The lowest BCUT2D eigenvalue weighted by Crippen LogP contribution is -2.14. The van der Waals surface area contributed by atoms with E-state index < -0.39 is 7.92 Å². The van der Waals surface area contributed by atoms with Crippen LogP contribution in [0.4, 0.5) is 0 Å². The summed E-state index contributed by atoms with van der Waals surface area (Å²) >= 11 is 0. The van der Waals surface area contributed by atoms with Gasteiger partial charge in [0.2, 0.25) is 0 Å². The van der Waals surface area contributed by atoms with Gasteiger partial charge >= 0.3 is 0 Å². The maximum Gasteiger partial charge on any atom is -0.0140 e. The lowest BCUT2D eigenvalue weighted by atomic mass is 10.2. The van der Waals surface area contributed by atoms with Crippen molar-refractivity contribution >= 4 is 18.5 Å². The molecule has 0 bridgehead atoms. The minimum atomic E-state index is -0.618. The van der Waals surface area contributed by atoms with E-state index >= 15 is 0 Å². The molecule has 23 heavy (non-hydrogen) atoms. The van der Waals surface area contributed by atoms with Crippen molar-refractivity contribution in [2.24, 2.45) is 0 Å². The molecule has 0 spiro atoms. The highest BCUT2D eigenvalue weighted by molar-refractivity contribution is 7.77. The summed E-state index contributed by atoms with van der Waals surface area (Å²) in [6, 6.07) is 15.6. The molecule has 0 aliphatic heterocycles. The molecule has 2 aromatic carbocycles. The van der Waals surface area contributed by atoms with Crippen LogP contribution in [0.5, 0.6) is 0 Å². The Labute approximate surface area is 142 Å². The summed E-state index contributed by atoms with van der Waals surface area (Å²) in [6.45, 7) is 16.8. The Kier molecular flexibility index (Phi) is 5.74. The normalized spacial score (nSPS) is 12.8. The monoisotopic (exact) mass is 320 g/mol. The molecule has 1 heteroatoms. The molecule has 0 radical (unpaired) electrons. The molecule has 0 N–H and O–H groups in total. The Morgan fingerprint density at radius 3 is 2.09 bits per heavy atom. The molecule has 0 aliphatic carbocycles. The van der Waals surface area contributed by atoms with Crippen LogP contribution in [0.2, 0.25) is 0 Å². The van der Waals surface area contributed by atoms with Gasteiger partial charge in [-0.05, 0) is 51.5 Å². The first kappa shape index (κ1) is 17.4. The van der Waals surface area contributed by atoms with Crippen molar-refractivity contribution in [1.29, 1.82) is 0 Å². The zero-order valence-electron chi connectivity index (χ0n) is 14.6. The van der Waals surface area contributed by atoms with Crippen LogP contribution in [0.3, 0.4) is 0 Å². The van der Waals surface area contributed by atoms with E-state index in [1.807, 2.05) is 6.08 Å². The maximum atomic E-state index is 4.39. The fourth-order valence-corrected chi connectivity index (χ4v) is 5.24. The first-order valence-corrected chi connectivity index (χ1v) is 9.19. The number of hydrogen-bond acceptors (Lipinski definition) is 0. The van der Waals surface area contributed by atoms with Gasteiger partial charge in [0.25, 0.3) is 0 Å². The number of hydrogen-bond donors (Lipinski definition) is 0. The van der Waals surface area contributed by atoms with Crippen LogP contribution in [-0.4, -0.2) is 0 Å². The second kappa shape index (κ2) is 7.57. The smallest absolute Gasteiger partial charge is 0.0140 e. The summed E-state index contributed by atoms with van der Waals surface area (Å²) in [5, 5.41) is 3.87. The molecule has 0 nitrogen and oxygen atoms in total. The Morgan fingerprint density at radius 2 is 1.52 bits per heavy atom. The first-order chi connectivity index (χ1) is 10.9. The molecule has 0 aliphatic rings.